The topological polar surface area (TPSA) is 148 Å². The van der Waals surface area contributed by atoms with E-state index in [1.54, 1.807) is 6.07 Å². The third-order valence-electron chi connectivity index (χ3n) is 5.64. The van der Waals surface area contributed by atoms with Gasteiger partial charge in [0, 0.05) is 50.9 Å². The molecule has 3 aromatic rings. The summed E-state index contributed by atoms with van der Waals surface area (Å²) in [6.45, 7) is 0.241. The van der Waals surface area contributed by atoms with E-state index in [0.29, 0.717) is 18.5 Å². The molecule has 0 radical (unpaired) electrons. The smallest absolute Gasteiger partial charge is 0.869 e. The van der Waals surface area contributed by atoms with Crippen LogP contribution in [0.3, 0.4) is 0 Å². The van der Waals surface area contributed by atoms with Crippen LogP contribution in [-0.2, 0) is 16.8 Å². The van der Waals surface area contributed by atoms with Crippen molar-refractivity contribution in [3.05, 3.63) is 59.2 Å². The Labute approximate surface area is 229 Å². The summed E-state index contributed by atoms with van der Waals surface area (Å²) < 4.78 is 41.7. The van der Waals surface area contributed by atoms with E-state index in [9.17, 15) is 27.5 Å². The first-order chi connectivity index (χ1) is 16.6. The number of halogens is 1. The molecule has 1 aromatic carbocycles. The average molecular weight is 525 g/mol. The van der Waals surface area contributed by atoms with Gasteiger partial charge in [0.25, 0.3) is 11.8 Å². The van der Waals surface area contributed by atoms with Gasteiger partial charge in [0.2, 0.25) is 0 Å². The monoisotopic (exact) mass is 524 g/mol. The zero-order valence-electron chi connectivity index (χ0n) is 19.9. The second-order valence-corrected chi connectivity index (χ2v) is 9.79. The number of anilines is 1. The molecular formula is C22H22FN6NaO5S. The fourth-order valence-electron chi connectivity index (χ4n) is 3.80. The molecule has 0 aliphatic carbocycles. The van der Waals surface area contributed by atoms with Crippen LogP contribution in [0.1, 0.15) is 32.8 Å². The third-order valence-corrected chi connectivity index (χ3v) is 7.52. The van der Waals surface area contributed by atoms with E-state index in [-0.39, 0.29) is 64.9 Å². The molecule has 36 heavy (non-hydrogen) atoms. The molecule has 11 nitrogen and oxygen atoms in total. The predicted molar refractivity (Wildman–Crippen MR) is 123 cm³/mol. The van der Waals surface area contributed by atoms with Crippen molar-refractivity contribution < 1.29 is 57.1 Å². The minimum atomic E-state index is -3.92. The predicted octanol–water partition coefficient (Wildman–Crippen LogP) is -2.48. The third kappa shape index (κ3) is 5.15. The van der Waals surface area contributed by atoms with E-state index in [2.05, 4.69) is 20.6 Å². The van der Waals surface area contributed by atoms with Gasteiger partial charge < -0.3 is 15.7 Å². The zero-order chi connectivity index (χ0) is 25.3. The van der Waals surface area contributed by atoms with Gasteiger partial charge in [0.05, 0.1) is 5.52 Å². The molecule has 0 saturated carbocycles. The van der Waals surface area contributed by atoms with Crippen molar-refractivity contribution in [3.8, 4) is 5.75 Å². The second kappa shape index (κ2) is 11.0. The van der Waals surface area contributed by atoms with Gasteiger partial charge in [-0.05, 0) is 42.0 Å². The Morgan fingerprint density at radius 2 is 1.94 bits per heavy atom. The van der Waals surface area contributed by atoms with E-state index in [1.165, 1.54) is 36.7 Å². The molecule has 14 heteroatoms. The molecule has 1 saturated heterocycles. The number of pyridine rings is 2. The van der Waals surface area contributed by atoms with E-state index in [4.69, 9.17) is 0 Å². The first-order valence-corrected chi connectivity index (χ1v) is 12.0. The van der Waals surface area contributed by atoms with Crippen molar-refractivity contribution in [2.24, 2.45) is 0 Å². The van der Waals surface area contributed by atoms with Gasteiger partial charge in [0.1, 0.15) is 11.5 Å². The number of hydrogen-bond acceptors (Lipinski definition) is 7. The molecule has 184 valence electrons. The van der Waals surface area contributed by atoms with Gasteiger partial charge in [-0.25, -0.2) is 13.7 Å². The molecule has 1 aliphatic rings. The fourth-order valence-corrected chi connectivity index (χ4v) is 5.21. The summed E-state index contributed by atoms with van der Waals surface area (Å²) in [6, 6.07) is 6.58. The number of nitrogens with zero attached hydrogens (tertiary/aromatic N) is 4. The summed E-state index contributed by atoms with van der Waals surface area (Å²) in [5, 5.41) is 18.1. The van der Waals surface area contributed by atoms with Gasteiger partial charge in [0.15, 0.2) is 5.82 Å². The second-order valence-electron chi connectivity index (χ2n) is 7.83. The number of carbonyl (C=O) groups is 2. The summed E-state index contributed by atoms with van der Waals surface area (Å²) >= 11 is 0. The Bertz CT molecular complexity index is 1440. The molecule has 3 heterocycles. The SMILES string of the molecule is CNC(=O)c1cc(F)ccc1CNC(=O)c1nc(N2CCCN(C)S2(=O)=O)c2cccnc2c1[O-].[Na+]. The fraction of sp³-hybridized carbons (Fsp3) is 0.273. The number of hydrogen-bond donors (Lipinski definition) is 2. The number of amides is 2. The van der Waals surface area contributed by atoms with Gasteiger partial charge in [-0.15, -0.1) is 0 Å². The van der Waals surface area contributed by atoms with Crippen LogP contribution in [-0.4, -0.2) is 61.7 Å². The van der Waals surface area contributed by atoms with Crippen LogP contribution in [0.25, 0.3) is 10.9 Å². The molecule has 2 aromatic heterocycles. The van der Waals surface area contributed by atoms with Crippen LogP contribution < -0.4 is 49.6 Å². The molecule has 0 spiro atoms. The van der Waals surface area contributed by atoms with Crippen LogP contribution >= 0.6 is 0 Å². The van der Waals surface area contributed by atoms with Gasteiger partial charge in [-0.2, -0.15) is 12.7 Å². The number of aromatic nitrogens is 2. The molecule has 0 bridgehead atoms. The molecule has 2 N–H and O–H groups in total. The van der Waals surface area contributed by atoms with Crippen molar-refractivity contribution in [2.45, 2.75) is 13.0 Å². The molecule has 4 rings (SSSR count). The van der Waals surface area contributed by atoms with E-state index >= 15 is 0 Å². The van der Waals surface area contributed by atoms with Gasteiger partial charge in [-0.3, -0.25) is 14.6 Å². The number of carbonyl (C=O) groups excluding carboxylic acids is 2. The average Bonchev–Trinajstić information content (AvgIpc) is 2.85. The first-order valence-electron chi connectivity index (χ1n) is 10.6. The number of fused-ring (bicyclic) bond motifs is 1. The standard InChI is InChI=1S/C22H23FN6O5S.Na/c1-24-21(31)16-11-14(23)7-6-13(16)12-26-22(32)18-19(30)17-15(5-3-8-25-17)20(27-18)29-10-4-9-28(2)35(29,33)34;/h3,5-8,11,30H,4,9-10,12H2,1-2H3,(H,24,31)(H,26,32);/q;+1/p-1. The van der Waals surface area contributed by atoms with Crippen molar-refractivity contribution in [1.29, 1.82) is 0 Å². The van der Waals surface area contributed by atoms with Crippen molar-refractivity contribution in [2.75, 3.05) is 31.5 Å². The van der Waals surface area contributed by atoms with Crippen LogP contribution in [0.5, 0.6) is 5.75 Å². The molecule has 0 unspecified atom stereocenters. The summed E-state index contributed by atoms with van der Waals surface area (Å²) in [5.41, 5.74) is -0.311. The Morgan fingerprint density at radius 1 is 1.19 bits per heavy atom. The maximum absolute atomic E-state index is 13.6. The summed E-state index contributed by atoms with van der Waals surface area (Å²) in [4.78, 5) is 33.3. The minimum Gasteiger partial charge on any atom is -0.869 e. The van der Waals surface area contributed by atoms with Gasteiger partial charge in [-0.1, -0.05) is 6.07 Å². The normalized spacial score (nSPS) is 15.2. The van der Waals surface area contributed by atoms with E-state index < -0.39 is 39.3 Å². The quantitative estimate of drug-likeness (QED) is 0.352. The molecule has 1 aliphatic heterocycles. The summed E-state index contributed by atoms with van der Waals surface area (Å²) in [6.07, 6.45) is 1.88. The van der Waals surface area contributed by atoms with Crippen LogP contribution in [0.4, 0.5) is 10.2 Å². The zero-order valence-corrected chi connectivity index (χ0v) is 22.7. The Balaban J connectivity index is 0.00000361. The van der Waals surface area contributed by atoms with Crippen LogP contribution in [0.15, 0.2) is 36.5 Å². The Hall–Kier alpha value is -2.84. The minimum absolute atomic E-state index is 0. The van der Waals surface area contributed by atoms with Crippen molar-refractivity contribution in [3.63, 3.8) is 0 Å². The van der Waals surface area contributed by atoms with Crippen molar-refractivity contribution >= 4 is 38.7 Å². The molecular weight excluding hydrogens is 502 g/mol. The molecule has 0 atom stereocenters. The summed E-state index contributed by atoms with van der Waals surface area (Å²) in [7, 11) is -1.09. The van der Waals surface area contributed by atoms with Gasteiger partial charge >= 0.3 is 39.8 Å². The maximum atomic E-state index is 13.6. The Morgan fingerprint density at radius 3 is 2.67 bits per heavy atom. The van der Waals surface area contributed by atoms with E-state index in [1.807, 2.05) is 0 Å². The summed E-state index contributed by atoms with van der Waals surface area (Å²) in [5.74, 6) is -2.90. The Kier molecular flexibility index (Phi) is 8.52. The number of benzene rings is 1. The molecule has 1 fully saturated rings. The molecule has 2 amide bonds. The number of rotatable bonds is 5. The van der Waals surface area contributed by atoms with Crippen molar-refractivity contribution in [1.82, 2.24) is 24.9 Å². The van der Waals surface area contributed by atoms with Crippen LogP contribution in [0, 0.1) is 5.82 Å². The first kappa shape index (κ1) is 27.7. The largest absolute Gasteiger partial charge is 1.00 e. The van der Waals surface area contributed by atoms with E-state index in [0.717, 1.165) is 16.4 Å². The van der Waals surface area contributed by atoms with Crippen LogP contribution in [0.2, 0.25) is 0 Å². The number of nitrogens with one attached hydrogen (secondary N) is 2. The maximum Gasteiger partial charge on any atom is 1.00 e.